The Morgan fingerprint density at radius 3 is 2.32 bits per heavy atom. The molecule has 1 atom stereocenters. The highest BCUT2D eigenvalue weighted by Crippen LogP contribution is 2.32. The van der Waals surface area contributed by atoms with Crippen molar-refractivity contribution in [3.05, 3.63) is 59.4 Å². The van der Waals surface area contributed by atoms with Crippen molar-refractivity contribution in [3.8, 4) is 0 Å². The van der Waals surface area contributed by atoms with Crippen LogP contribution in [0.4, 0.5) is 20.6 Å². The van der Waals surface area contributed by atoms with Gasteiger partial charge in [0, 0.05) is 10.7 Å². The quantitative estimate of drug-likeness (QED) is 0.916. The van der Waals surface area contributed by atoms with Crippen LogP contribution in [0.25, 0.3) is 0 Å². The minimum Gasteiger partial charge on any atom is -0.365 e. The van der Waals surface area contributed by atoms with Crippen LogP contribution in [-0.2, 0) is 4.79 Å². The van der Waals surface area contributed by atoms with Crippen molar-refractivity contribution >= 4 is 45.9 Å². The molecule has 112 valence electrons. The molecule has 1 N–H and O–H groups in total. The molecular weight excluding hydrogens is 327 g/mol. The lowest BCUT2D eigenvalue weighted by molar-refractivity contribution is -0.116. The van der Waals surface area contributed by atoms with Crippen LogP contribution in [-0.4, -0.2) is 16.5 Å². The van der Waals surface area contributed by atoms with Crippen LogP contribution in [0.2, 0.25) is 5.02 Å². The van der Waals surface area contributed by atoms with E-state index < -0.39 is 22.3 Å². The lowest BCUT2D eigenvalue weighted by Gasteiger charge is -2.14. The van der Waals surface area contributed by atoms with Crippen LogP contribution in [0, 0.1) is 5.82 Å². The molecule has 0 saturated carbocycles. The van der Waals surface area contributed by atoms with E-state index in [1.165, 1.54) is 24.3 Å². The zero-order valence-corrected chi connectivity index (χ0v) is 12.7. The topological polar surface area (TPSA) is 49.4 Å². The molecule has 4 nitrogen and oxygen atoms in total. The molecule has 2 amide bonds. The molecule has 0 aliphatic carbocycles. The third-order valence-corrected chi connectivity index (χ3v) is 4.26. The number of nitrogens with one attached hydrogen (secondary N) is 1. The van der Waals surface area contributed by atoms with Crippen molar-refractivity contribution in [2.75, 3.05) is 10.2 Å². The second kappa shape index (κ2) is 5.98. The number of thioether (sulfide) groups is 1. The lowest BCUT2D eigenvalue weighted by atomic mass is 10.3. The van der Waals surface area contributed by atoms with Crippen LogP contribution >= 0.6 is 23.4 Å². The molecule has 2 aromatic carbocycles. The standard InChI is InChI=1S/C15H10ClFN2O2S/c16-9-1-5-11(6-2-9)18-13-14(20)19(15(21)22-13)12-7-3-10(17)4-8-12/h1-8,13,18H. The number of carbonyl (C=O) groups excluding carboxylic acids is 2. The number of benzene rings is 2. The van der Waals surface area contributed by atoms with Gasteiger partial charge in [0.05, 0.1) is 5.69 Å². The van der Waals surface area contributed by atoms with Crippen molar-refractivity contribution in [3.63, 3.8) is 0 Å². The van der Waals surface area contributed by atoms with Gasteiger partial charge >= 0.3 is 0 Å². The molecule has 1 fully saturated rings. The van der Waals surface area contributed by atoms with Crippen molar-refractivity contribution < 1.29 is 14.0 Å². The first-order valence-corrected chi connectivity index (χ1v) is 7.62. The van der Waals surface area contributed by atoms with Gasteiger partial charge in [0.2, 0.25) is 0 Å². The van der Waals surface area contributed by atoms with Gasteiger partial charge in [-0.15, -0.1) is 0 Å². The predicted octanol–water partition coefficient (Wildman–Crippen LogP) is 4.12. The minimum atomic E-state index is -0.723. The first kappa shape index (κ1) is 14.9. The second-order valence-electron chi connectivity index (χ2n) is 4.57. The van der Waals surface area contributed by atoms with E-state index in [0.717, 1.165) is 16.7 Å². The first-order chi connectivity index (χ1) is 10.5. The molecule has 3 rings (SSSR count). The van der Waals surface area contributed by atoms with E-state index >= 15 is 0 Å². The van der Waals surface area contributed by atoms with Gasteiger partial charge in [-0.05, 0) is 60.3 Å². The van der Waals surface area contributed by atoms with Gasteiger partial charge in [-0.1, -0.05) is 11.6 Å². The second-order valence-corrected chi connectivity index (χ2v) is 6.06. The number of nitrogens with zero attached hydrogens (tertiary/aromatic N) is 1. The number of rotatable bonds is 3. The molecular formula is C15H10ClFN2O2S. The Bertz CT molecular complexity index is 721. The van der Waals surface area contributed by atoms with Gasteiger partial charge in [0.15, 0.2) is 5.37 Å². The van der Waals surface area contributed by atoms with Crippen molar-refractivity contribution in [2.24, 2.45) is 0 Å². The first-order valence-electron chi connectivity index (χ1n) is 6.37. The molecule has 0 radical (unpaired) electrons. The van der Waals surface area contributed by atoms with Crippen LogP contribution < -0.4 is 10.2 Å². The Morgan fingerprint density at radius 2 is 1.68 bits per heavy atom. The Morgan fingerprint density at radius 1 is 1.05 bits per heavy atom. The summed E-state index contributed by atoms with van der Waals surface area (Å²) in [5, 5.41) is 2.44. The van der Waals surface area contributed by atoms with Crippen LogP contribution in [0.1, 0.15) is 0 Å². The van der Waals surface area contributed by atoms with Gasteiger partial charge in [-0.2, -0.15) is 0 Å². The molecule has 1 heterocycles. The van der Waals surface area contributed by atoms with Gasteiger partial charge in [-0.3, -0.25) is 9.59 Å². The van der Waals surface area contributed by atoms with E-state index in [-0.39, 0.29) is 0 Å². The highest BCUT2D eigenvalue weighted by Gasteiger charge is 2.40. The van der Waals surface area contributed by atoms with E-state index in [2.05, 4.69) is 5.32 Å². The monoisotopic (exact) mass is 336 g/mol. The highest BCUT2D eigenvalue weighted by atomic mass is 35.5. The van der Waals surface area contributed by atoms with E-state index in [0.29, 0.717) is 16.4 Å². The fraction of sp³-hybridized carbons (Fsp3) is 0.0667. The molecule has 2 aromatic rings. The molecule has 0 spiro atoms. The molecule has 1 aliphatic heterocycles. The van der Waals surface area contributed by atoms with Gasteiger partial charge in [0.25, 0.3) is 11.1 Å². The summed E-state index contributed by atoms with van der Waals surface area (Å²) in [5.74, 6) is -0.817. The number of imide groups is 1. The van der Waals surface area contributed by atoms with E-state index in [1.807, 2.05) is 0 Å². The predicted molar refractivity (Wildman–Crippen MR) is 85.7 cm³/mol. The summed E-state index contributed by atoms with van der Waals surface area (Å²) in [5.41, 5.74) is 1.04. The average Bonchev–Trinajstić information content (AvgIpc) is 2.77. The lowest BCUT2D eigenvalue weighted by Crippen LogP contribution is -2.34. The third kappa shape index (κ3) is 2.93. The molecule has 0 bridgehead atoms. The maximum absolute atomic E-state index is 12.9. The maximum Gasteiger partial charge on any atom is 0.295 e. The number of amides is 2. The fourth-order valence-electron chi connectivity index (χ4n) is 2.02. The summed E-state index contributed by atoms with van der Waals surface area (Å²) >= 11 is 6.68. The smallest absolute Gasteiger partial charge is 0.295 e. The van der Waals surface area contributed by atoms with E-state index in [1.54, 1.807) is 24.3 Å². The largest absolute Gasteiger partial charge is 0.365 e. The van der Waals surface area contributed by atoms with E-state index in [4.69, 9.17) is 11.6 Å². The normalized spacial score (nSPS) is 17.9. The molecule has 22 heavy (non-hydrogen) atoms. The number of anilines is 2. The van der Waals surface area contributed by atoms with E-state index in [9.17, 15) is 14.0 Å². The van der Waals surface area contributed by atoms with Crippen LogP contribution in [0.5, 0.6) is 0 Å². The molecule has 0 aromatic heterocycles. The Labute approximate surface area is 135 Å². The third-order valence-electron chi connectivity index (χ3n) is 3.07. The summed E-state index contributed by atoms with van der Waals surface area (Å²) in [4.78, 5) is 25.5. The summed E-state index contributed by atoms with van der Waals surface area (Å²) in [7, 11) is 0. The number of carbonyl (C=O) groups is 2. The summed E-state index contributed by atoms with van der Waals surface area (Å²) in [6.07, 6.45) is 0. The average molecular weight is 337 g/mol. The Kier molecular flexibility index (Phi) is 4.04. The maximum atomic E-state index is 12.9. The number of hydrogen-bond donors (Lipinski definition) is 1. The van der Waals surface area contributed by atoms with Crippen molar-refractivity contribution in [1.82, 2.24) is 0 Å². The summed E-state index contributed by atoms with van der Waals surface area (Å²) in [6.45, 7) is 0. The van der Waals surface area contributed by atoms with Gasteiger partial charge in [0.1, 0.15) is 5.82 Å². The van der Waals surface area contributed by atoms with Gasteiger partial charge in [-0.25, -0.2) is 9.29 Å². The number of hydrogen-bond acceptors (Lipinski definition) is 4. The molecule has 7 heteroatoms. The minimum absolute atomic E-state index is 0.351. The fourth-order valence-corrected chi connectivity index (χ4v) is 3.05. The van der Waals surface area contributed by atoms with Crippen molar-refractivity contribution in [2.45, 2.75) is 5.37 Å². The number of halogens is 2. The highest BCUT2D eigenvalue weighted by molar-refractivity contribution is 8.16. The molecule has 1 aliphatic rings. The molecule has 1 unspecified atom stereocenters. The van der Waals surface area contributed by atoms with Crippen molar-refractivity contribution in [1.29, 1.82) is 0 Å². The Hall–Kier alpha value is -2.05. The molecule has 1 saturated heterocycles. The van der Waals surface area contributed by atoms with Crippen LogP contribution in [0.15, 0.2) is 48.5 Å². The van der Waals surface area contributed by atoms with Gasteiger partial charge < -0.3 is 5.32 Å². The van der Waals surface area contributed by atoms with Crippen LogP contribution in [0.3, 0.4) is 0 Å². The summed E-state index contributed by atoms with van der Waals surface area (Å²) in [6, 6.07) is 12.0. The SMILES string of the molecule is O=C1SC(Nc2ccc(Cl)cc2)C(=O)N1c1ccc(F)cc1. The zero-order valence-electron chi connectivity index (χ0n) is 11.1. The Balaban J connectivity index is 1.79. The summed E-state index contributed by atoms with van der Waals surface area (Å²) < 4.78 is 12.9. The zero-order chi connectivity index (χ0) is 15.7.